The third-order valence-corrected chi connectivity index (χ3v) is 12.8. The van der Waals surface area contributed by atoms with Crippen LogP contribution in [0.15, 0.2) is 48.5 Å². The van der Waals surface area contributed by atoms with Crippen molar-refractivity contribution >= 4 is 82.2 Å². The number of amides is 5. The summed E-state index contributed by atoms with van der Waals surface area (Å²) in [7, 11) is 0. The summed E-state index contributed by atoms with van der Waals surface area (Å²) in [4.78, 5) is 129. The zero-order valence-corrected chi connectivity index (χ0v) is 44.0. The highest BCUT2D eigenvalue weighted by Gasteiger charge is 2.26. The molecule has 3 rings (SSSR count). The molecule has 1 heterocycles. The molecule has 0 spiro atoms. The van der Waals surface area contributed by atoms with Crippen molar-refractivity contribution in [3.8, 4) is 0 Å². The van der Waals surface area contributed by atoms with Crippen molar-refractivity contribution in [2.75, 3.05) is 91.6 Å². The number of carboxylic acids is 6. The van der Waals surface area contributed by atoms with Gasteiger partial charge in [0.15, 0.2) is 0 Å². The SMILES string of the molecule is O=C(O)CC[C@@H](NC(=O)N[C@H](CCCCCN(Cc1ccc(I)cc1)C(=O)CCCCNC(=O)c1ccc(CNC(=O)CN2CCN(CC(=O)O)CCN(CC(=O)O)CCN(CC(=O)O)CC2)cc1)C(=O)O)C(=O)O. The van der Waals surface area contributed by atoms with Crippen LogP contribution in [0.5, 0.6) is 0 Å². The second-order valence-corrected chi connectivity index (χ2v) is 19.3. The summed E-state index contributed by atoms with van der Waals surface area (Å²) >= 11 is 2.19. The molecule has 0 aromatic heterocycles. The van der Waals surface area contributed by atoms with Gasteiger partial charge in [-0.3, -0.25) is 53.2 Å². The summed E-state index contributed by atoms with van der Waals surface area (Å²) in [6, 6.07) is 10.5. The molecule has 0 radical (unpaired) electrons. The van der Waals surface area contributed by atoms with Gasteiger partial charge in [-0.15, -0.1) is 0 Å². The number of carbonyl (C=O) groups is 10. The van der Waals surface area contributed by atoms with E-state index < -0.39 is 60.4 Å². The molecule has 0 aliphatic carbocycles. The molecular weight excluding hydrogens is 1100 g/mol. The Hall–Kier alpha value is -6.49. The predicted octanol–water partition coefficient (Wildman–Crippen LogP) is 0.943. The van der Waals surface area contributed by atoms with E-state index in [9.17, 15) is 73.5 Å². The van der Waals surface area contributed by atoms with Gasteiger partial charge in [-0.1, -0.05) is 37.1 Å². The van der Waals surface area contributed by atoms with E-state index in [2.05, 4.69) is 43.9 Å². The lowest BCUT2D eigenvalue weighted by Crippen LogP contribution is -2.51. The molecule has 1 saturated heterocycles. The molecule has 414 valence electrons. The van der Waals surface area contributed by atoms with Crippen LogP contribution in [-0.2, 0) is 51.4 Å². The van der Waals surface area contributed by atoms with E-state index in [-0.39, 0.29) is 109 Å². The number of nitrogens with zero attached hydrogens (tertiary/aromatic N) is 5. The van der Waals surface area contributed by atoms with Crippen molar-refractivity contribution in [3.05, 3.63) is 68.8 Å². The lowest BCUT2D eigenvalue weighted by molar-refractivity contribution is -0.141. The first-order valence-corrected chi connectivity index (χ1v) is 25.7. The van der Waals surface area contributed by atoms with Crippen LogP contribution >= 0.6 is 22.6 Å². The van der Waals surface area contributed by atoms with Crippen LogP contribution in [-0.4, -0.2) is 218 Å². The van der Waals surface area contributed by atoms with E-state index >= 15 is 0 Å². The van der Waals surface area contributed by atoms with Gasteiger partial charge in [-0.2, -0.15) is 0 Å². The Balaban J connectivity index is 1.46. The van der Waals surface area contributed by atoms with Crippen LogP contribution in [0.1, 0.15) is 79.3 Å². The van der Waals surface area contributed by atoms with Crippen LogP contribution in [0.2, 0.25) is 0 Å². The average Bonchev–Trinajstić information content (AvgIpc) is 3.34. The number of rotatable bonds is 31. The smallest absolute Gasteiger partial charge is 0.326 e. The first-order chi connectivity index (χ1) is 35.7. The Bertz CT molecular complexity index is 2190. The highest BCUT2D eigenvalue weighted by molar-refractivity contribution is 14.1. The average molecular weight is 1170 g/mol. The number of aliphatic carboxylic acids is 6. The Morgan fingerprint density at radius 3 is 1.48 bits per heavy atom. The molecular formula is C49H70IN9O16. The van der Waals surface area contributed by atoms with E-state index in [1.807, 2.05) is 29.2 Å². The van der Waals surface area contributed by atoms with E-state index in [1.54, 1.807) is 43.9 Å². The molecule has 1 aliphatic heterocycles. The maximum Gasteiger partial charge on any atom is 0.326 e. The molecule has 10 N–H and O–H groups in total. The molecule has 0 bridgehead atoms. The van der Waals surface area contributed by atoms with Gasteiger partial charge in [0, 0.05) is 101 Å². The second kappa shape index (κ2) is 34.2. The monoisotopic (exact) mass is 1170 g/mol. The van der Waals surface area contributed by atoms with Crippen molar-refractivity contribution in [1.29, 1.82) is 0 Å². The van der Waals surface area contributed by atoms with E-state index in [0.717, 1.165) is 14.7 Å². The molecule has 1 aliphatic rings. The van der Waals surface area contributed by atoms with Gasteiger partial charge < -0.3 is 56.8 Å². The van der Waals surface area contributed by atoms with Crippen molar-refractivity contribution in [2.24, 2.45) is 0 Å². The van der Waals surface area contributed by atoms with E-state index in [1.165, 1.54) is 0 Å². The van der Waals surface area contributed by atoms with Crippen molar-refractivity contribution in [3.63, 3.8) is 0 Å². The Morgan fingerprint density at radius 1 is 0.520 bits per heavy atom. The fourth-order valence-electron chi connectivity index (χ4n) is 7.95. The number of carboxylic acid groups (broad SMARTS) is 6. The topological polar surface area (TPSA) is 356 Å². The van der Waals surface area contributed by atoms with Crippen molar-refractivity contribution in [1.82, 2.24) is 45.8 Å². The minimum atomic E-state index is -1.52. The zero-order valence-electron chi connectivity index (χ0n) is 41.8. The molecule has 2 aromatic rings. The molecule has 0 saturated carbocycles. The van der Waals surface area contributed by atoms with Gasteiger partial charge in [0.25, 0.3) is 5.91 Å². The number of urea groups is 1. The lowest BCUT2D eigenvalue weighted by Gasteiger charge is -2.32. The third-order valence-electron chi connectivity index (χ3n) is 12.1. The normalized spacial score (nSPS) is 14.9. The summed E-state index contributed by atoms with van der Waals surface area (Å²) in [6.07, 6.45) is 1.74. The lowest BCUT2D eigenvalue weighted by atomic mass is 10.1. The Labute approximate surface area is 448 Å². The van der Waals surface area contributed by atoms with Gasteiger partial charge in [0.05, 0.1) is 26.2 Å². The summed E-state index contributed by atoms with van der Waals surface area (Å²) in [5.74, 6) is -7.94. The van der Waals surface area contributed by atoms with Gasteiger partial charge in [0.1, 0.15) is 12.1 Å². The zero-order chi connectivity index (χ0) is 55.3. The maximum absolute atomic E-state index is 13.5. The largest absolute Gasteiger partial charge is 0.481 e. The summed E-state index contributed by atoms with van der Waals surface area (Å²) in [6.45, 7) is 2.44. The first-order valence-electron chi connectivity index (χ1n) is 24.6. The number of nitrogens with one attached hydrogen (secondary N) is 4. The van der Waals surface area contributed by atoms with Gasteiger partial charge in [0.2, 0.25) is 11.8 Å². The maximum atomic E-state index is 13.5. The van der Waals surface area contributed by atoms with Gasteiger partial charge in [-0.25, -0.2) is 14.4 Å². The molecule has 25 nitrogen and oxygen atoms in total. The fraction of sp³-hybridized carbons (Fsp3) is 0.551. The predicted molar refractivity (Wildman–Crippen MR) is 278 cm³/mol. The van der Waals surface area contributed by atoms with Gasteiger partial charge >= 0.3 is 41.8 Å². The number of carbonyl (C=O) groups excluding carboxylic acids is 4. The summed E-state index contributed by atoms with van der Waals surface area (Å²) in [5.41, 5.74) is 2.03. The van der Waals surface area contributed by atoms with Crippen LogP contribution in [0.25, 0.3) is 0 Å². The molecule has 26 heteroatoms. The highest BCUT2D eigenvalue weighted by Crippen LogP contribution is 2.14. The Kier molecular flexibility index (Phi) is 28.6. The van der Waals surface area contributed by atoms with Crippen LogP contribution in [0.3, 0.4) is 0 Å². The minimum Gasteiger partial charge on any atom is -0.481 e. The Morgan fingerprint density at radius 2 is 1.00 bits per heavy atom. The fourth-order valence-corrected chi connectivity index (χ4v) is 8.31. The first kappa shape index (κ1) is 62.8. The highest BCUT2D eigenvalue weighted by atomic mass is 127. The number of halogens is 1. The molecule has 2 atom stereocenters. The molecule has 1 fully saturated rings. The van der Waals surface area contributed by atoms with Crippen LogP contribution in [0.4, 0.5) is 4.79 Å². The van der Waals surface area contributed by atoms with Gasteiger partial charge in [-0.05, 0) is 90.1 Å². The number of unbranched alkanes of at least 4 members (excludes halogenated alkanes) is 3. The minimum absolute atomic E-state index is 0.0244. The number of hydrogen-bond donors (Lipinski definition) is 10. The van der Waals surface area contributed by atoms with E-state index in [0.29, 0.717) is 70.4 Å². The molecule has 5 amide bonds. The molecule has 0 unspecified atom stereocenters. The number of hydrogen-bond acceptors (Lipinski definition) is 14. The van der Waals surface area contributed by atoms with Crippen molar-refractivity contribution in [2.45, 2.75) is 83.0 Å². The van der Waals surface area contributed by atoms with Crippen molar-refractivity contribution < 1.29 is 78.6 Å². The second-order valence-electron chi connectivity index (χ2n) is 18.1. The van der Waals surface area contributed by atoms with E-state index in [4.69, 9.17) is 5.11 Å². The van der Waals surface area contributed by atoms with Crippen LogP contribution < -0.4 is 21.3 Å². The summed E-state index contributed by atoms with van der Waals surface area (Å²) in [5, 5.41) is 66.2. The number of benzene rings is 2. The molecule has 2 aromatic carbocycles. The van der Waals surface area contributed by atoms with Crippen LogP contribution in [0, 0.1) is 3.57 Å². The standard InChI is InChI=1S/C49H70IN9O16/c50-37-14-10-35(11-15-37)29-59(19-5-1-2-6-38(47(71)72)53-49(75)54-39(48(73)74)16-17-42(62)63)41(61)7-3-4-18-51-46(70)36-12-8-34(9-13-36)28-52-40(60)30-55-20-22-56(31-43(64)65)24-26-58(33-45(68)69)27-25-57(23-21-55)32-44(66)67/h8-15,38-39H,1-7,16-33H2,(H,51,70)(H,52,60)(H,62,63)(H,64,65)(H,66,67)(H,68,69)(H,71,72)(H,73,74)(H2,53,54,75)/t38-,39-/m1/s1. The quantitative estimate of drug-likeness (QED) is 0.0371. The summed E-state index contributed by atoms with van der Waals surface area (Å²) < 4.78 is 1.03. The third kappa shape index (κ3) is 27.0. The molecule has 75 heavy (non-hydrogen) atoms.